The summed E-state index contributed by atoms with van der Waals surface area (Å²) < 4.78 is 4.96. The molecule has 0 amide bonds. The molecule has 0 radical (unpaired) electrons. The number of methoxy groups -OCH3 is 1. The standard InChI is InChI=1S/C8H13NO2/c1-11-6-8(5-10)2-7(3-8)4-9/h7,10H,2-3,5-6H2,1H3. The van der Waals surface area contributed by atoms with Crippen LogP contribution in [0, 0.1) is 22.7 Å². The second-order valence-electron chi connectivity index (χ2n) is 3.33. The third-order valence-corrected chi connectivity index (χ3v) is 2.33. The number of hydrogen-bond acceptors (Lipinski definition) is 3. The smallest absolute Gasteiger partial charge is 0.0656 e. The largest absolute Gasteiger partial charge is 0.396 e. The first kappa shape index (κ1) is 8.51. The van der Waals surface area contributed by atoms with E-state index in [0.29, 0.717) is 6.61 Å². The van der Waals surface area contributed by atoms with E-state index in [1.807, 2.05) is 0 Å². The molecule has 1 rings (SSSR count). The summed E-state index contributed by atoms with van der Waals surface area (Å²) in [6, 6.07) is 2.18. The zero-order valence-corrected chi connectivity index (χ0v) is 6.71. The van der Waals surface area contributed by atoms with Crippen molar-refractivity contribution in [2.24, 2.45) is 11.3 Å². The lowest BCUT2D eigenvalue weighted by Gasteiger charge is -2.42. The first-order valence-corrected chi connectivity index (χ1v) is 3.76. The van der Waals surface area contributed by atoms with Gasteiger partial charge in [-0.3, -0.25) is 0 Å². The molecule has 0 aliphatic heterocycles. The van der Waals surface area contributed by atoms with Crippen LogP contribution in [0.1, 0.15) is 12.8 Å². The molecule has 0 atom stereocenters. The van der Waals surface area contributed by atoms with Crippen molar-refractivity contribution in [3.8, 4) is 6.07 Å². The predicted octanol–water partition coefficient (Wildman–Crippen LogP) is 0.545. The van der Waals surface area contributed by atoms with Crippen LogP contribution in [-0.2, 0) is 4.74 Å². The molecule has 1 N–H and O–H groups in total. The summed E-state index contributed by atoms with van der Waals surface area (Å²) in [5, 5.41) is 17.5. The molecule has 62 valence electrons. The highest BCUT2D eigenvalue weighted by Crippen LogP contribution is 2.44. The maximum Gasteiger partial charge on any atom is 0.0656 e. The van der Waals surface area contributed by atoms with Crippen molar-refractivity contribution < 1.29 is 9.84 Å². The Balaban J connectivity index is 2.38. The molecule has 1 saturated carbocycles. The molecule has 1 aliphatic rings. The van der Waals surface area contributed by atoms with Crippen LogP contribution < -0.4 is 0 Å². The van der Waals surface area contributed by atoms with Gasteiger partial charge in [0.25, 0.3) is 0 Å². The molecule has 3 heteroatoms. The zero-order chi connectivity index (χ0) is 8.32. The molecule has 0 aromatic rings. The minimum absolute atomic E-state index is 0.102. The fraction of sp³-hybridized carbons (Fsp3) is 0.875. The summed E-state index contributed by atoms with van der Waals surface area (Å²) in [7, 11) is 1.62. The predicted molar refractivity (Wildman–Crippen MR) is 39.7 cm³/mol. The van der Waals surface area contributed by atoms with Crippen LogP contribution in [0.25, 0.3) is 0 Å². The summed E-state index contributed by atoms with van der Waals surface area (Å²) in [5.41, 5.74) is -0.102. The van der Waals surface area contributed by atoms with Gasteiger partial charge in [0.15, 0.2) is 0 Å². The molecule has 11 heavy (non-hydrogen) atoms. The number of hydrogen-bond donors (Lipinski definition) is 1. The van der Waals surface area contributed by atoms with Crippen molar-refractivity contribution in [2.75, 3.05) is 20.3 Å². The van der Waals surface area contributed by atoms with E-state index in [-0.39, 0.29) is 17.9 Å². The van der Waals surface area contributed by atoms with Crippen molar-refractivity contribution >= 4 is 0 Å². The number of nitrogens with zero attached hydrogens (tertiary/aromatic N) is 1. The Bertz CT molecular complexity index is 167. The van der Waals surface area contributed by atoms with Gasteiger partial charge in [0.05, 0.1) is 19.3 Å². The quantitative estimate of drug-likeness (QED) is 0.647. The van der Waals surface area contributed by atoms with Gasteiger partial charge in [-0.15, -0.1) is 0 Å². The van der Waals surface area contributed by atoms with Gasteiger partial charge >= 0.3 is 0 Å². The summed E-state index contributed by atoms with van der Waals surface area (Å²) >= 11 is 0. The Hall–Kier alpha value is -0.590. The molecule has 0 saturated heterocycles. The van der Waals surface area contributed by atoms with Crippen molar-refractivity contribution in [3.05, 3.63) is 0 Å². The average molecular weight is 155 g/mol. The highest BCUT2D eigenvalue weighted by atomic mass is 16.5. The summed E-state index contributed by atoms with van der Waals surface area (Å²) in [6.45, 7) is 0.709. The van der Waals surface area contributed by atoms with E-state index >= 15 is 0 Å². The molecule has 0 bridgehead atoms. The molecule has 0 spiro atoms. The molecular formula is C8H13NO2. The number of aliphatic hydroxyl groups is 1. The first-order valence-electron chi connectivity index (χ1n) is 3.76. The molecular weight excluding hydrogens is 142 g/mol. The molecule has 0 unspecified atom stereocenters. The van der Waals surface area contributed by atoms with Crippen molar-refractivity contribution in [3.63, 3.8) is 0 Å². The van der Waals surface area contributed by atoms with Gasteiger partial charge in [-0.2, -0.15) is 5.26 Å². The van der Waals surface area contributed by atoms with E-state index in [4.69, 9.17) is 15.1 Å². The van der Waals surface area contributed by atoms with E-state index in [9.17, 15) is 0 Å². The maximum atomic E-state index is 8.99. The minimum Gasteiger partial charge on any atom is -0.396 e. The van der Waals surface area contributed by atoms with E-state index in [1.54, 1.807) is 7.11 Å². The van der Waals surface area contributed by atoms with E-state index in [1.165, 1.54) is 0 Å². The number of rotatable bonds is 3. The van der Waals surface area contributed by atoms with E-state index in [0.717, 1.165) is 12.8 Å². The number of aliphatic hydroxyl groups excluding tert-OH is 1. The Morgan fingerprint density at radius 1 is 1.73 bits per heavy atom. The third-order valence-electron chi connectivity index (χ3n) is 2.33. The topological polar surface area (TPSA) is 53.2 Å². The van der Waals surface area contributed by atoms with Crippen molar-refractivity contribution in [2.45, 2.75) is 12.8 Å². The summed E-state index contributed by atoms with van der Waals surface area (Å²) in [6.07, 6.45) is 1.57. The van der Waals surface area contributed by atoms with Crippen molar-refractivity contribution in [1.82, 2.24) is 0 Å². The average Bonchev–Trinajstić information content (AvgIpc) is 1.96. The van der Waals surface area contributed by atoms with Crippen LogP contribution in [-0.4, -0.2) is 25.4 Å². The number of nitriles is 1. The van der Waals surface area contributed by atoms with Gasteiger partial charge in [-0.25, -0.2) is 0 Å². The SMILES string of the molecule is COCC1(CO)CC(C#N)C1. The van der Waals surface area contributed by atoms with Gasteiger partial charge in [-0.05, 0) is 12.8 Å². The molecule has 1 fully saturated rings. The normalized spacial score (nSPS) is 35.9. The Kier molecular flexibility index (Phi) is 2.48. The van der Waals surface area contributed by atoms with Crippen LogP contribution in [0.2, 0.25) is 0 Å². The highest BCUT2D eigenvalue weighted by molar-refractivity contribution is 5.02. The third kappa shape index (κ3) is 1.52. The van der Waals surface area contributed by atoms with E-state index in [2.05, 4.69) is 6.07 Å². The van der Waals surface area contributed by atoms with E-state index < -0.39 is 0 Å². The van der Waals surface area contributed by atoms with Gasteiger partial charge in [-0.1, -0.05) is 0 Å². The molecule has 1 aliphatic carbocycles. The maximum absolute atomic E-state index is 8.99. The second-order valence-corrected chi connectivity index (χ2v) is 3.33. The minimum atomic E-state index is -0.102. The Morgan fingerprint density at radius 3 is 2.73 bits per heavy atom. The molecule has 0 aromatic heterocycles. The second kappa shape index (κ2) is 3.21. The summed E-state index contributed by atoms with van der Waals surface area (Å²) in [5.74, 6) is 0.136. The Labute approximate surface area is 66.6 Å². The van der Waals surface area contributed by atoms with Crippen LogP contribution in [0.15, 0.2) is 0 Å². The van der Waals surface area contributed by atoms with Crippen LogP contribution >= 0.6 is 0 Å². The molecule has 0 heterocycles. The fourth-order valence-corrected chi connectivity index (χ4v) is 1.68. The van der Waals surface area contributed by atoms with Crippen LogP contribution in [0.4, 0.5) is 0 Å². The lowest BCUT2D eigenvalue weighted by atomic mass is 9.63. The Morgan fingerprint density at radius 2 is 2.36 bits per heavy atom. The van der Waals surface area contributed by atoms with Gasteiger partial charge in [0.1, 0.15) is 0 Å². The van der Waals surface area contributed by atoms with Gasteiger partial charge < -0.3 is 9.84 Å². The van der Waals surface area contributed by atoms with Crippen molar-refractivity contribution in [1.29, 1.82) is 5.26 Å². The monoisotopic (exact) mass is 155 g/mol. The number of ether oxygens (including phenoxy) is 1. The van der Waals surface area contributed by atoms with Gasteiger partial charge in [0.2, 0.25) is 0 Å². The summed E-state index contributed by atoms with van der Waals surface area (Å²) in [4.78, 5) is 0. The van der Waals surface area contributed by atoms with Crippen LogP contribution in [0.3, 0.4) is 0 Å². The highest BCUT2D eigenvalue weighted by Gasteiger charge is 2.43. The zero-order valence-electron chi connectivity index (χ0n) is 6.71. The molecule has 3 nitrogen and oxygen atoms in total. The first-order chi connectivity index (χ1) is 5.26. The van der Waals surface area contributed by atoms with Crippen LogP contribution in [0.5, 0.6) is 0 Å². The lowest BCUT2D eigenvalue weighted by Crippen LogP contribution is -2.43. The van der Waals surface area contributed by atoms with Gasteiger partial charge in [0, 0.05) is 18.4 Å². The fourth-order valence-electron chi connectivity index (χ4n) is 1.68. The lowest BCUT2D eigenvalue weighted by molar-refractivity contribution is -0.0465. The molecule has 0 aromatic carbocycles.